The van der Waals surface area contributed by atoms with Gasteiger partial charge in [0.15, 0.2) is 0 Å². The molecule has 0 radical (unpaired) electrons. The minimum atomic E-state index is -0.472. The lowest BCUT2D eigenvalue weighted by atomic mass is 10.0. The Labute approximate surface area is 178 Å². The smallest absolute Gasteiger partial charge is 0.252 e. The van der Waals surface area contributed by atoms with E-state index in [2.05, 4.69) is 15.6 Å². The number of hydrogen-bond donors (Lipinski definition) is 2. The van der Waals surface area contributed by atoms with E-state index >= 15 is 0 Å². The number of pyridine rings is 1. The van der Waals surface area contributed by atoms with Crippen molar-refractivity contribution < 1.29 is 14.0 Å². The second-order valence-electron chi connectivity index (χ2n) is 6.96. The molecule has 1 aromatic heterocycles. The maximum absolute atomic E-state index is 13.3. The van der Waals surface area contributed by atoms with Crippen LogP contribution >= 0.6 is 0 Å². The van der Waals surface area contributed by atoms with Crippen LogP contribution in [0, 0.1) is 5.82 Å². The normalized spacial score (nSPS) is 10.6. The minimum absolute atomic E-state index is 0.218. The Morgan fingerprint density at radius 2 is 1.48 bits per heavy atom. The SMILES string of the molecule is O=C(NCCNC(=O)c1cc(-c2ccccc2)nc2ccccc12)c1cccc(F)c1. The van der Waals surface area contributed by atoms with Crippen LogP contribution in [0.2, 0.25) is 0 Å². The number of hydrogen-bond acceptors (Lipinski definition) is 3. The fourth-order valence-electron chi connectivity index (χ4n) is 3.30. The van der Waals surface area contributed by atoms with Crippen LogP contribution in [0.4, 0.5) is 4.39 Å². The van der Waals surface area contributed by atoms with Crippen LogP contribution < -0.4 is 10.6 Å². The van der Waals surface area contributed by atoms with Gasteiger partial charge in [0, 0.05) is 29.6 Å². The minimum Gasteiger partial charge on any atom is -0.350 e. The van der Waals surface area contributed by atoms with Crippen molar-refractivity contribution in [1.29, 1.82) is 0 Å². The van der Waals surface area contributed by atoms with Gasteiger partial charge in [-0.25, -0.2) is 9.37 Å². The molecule has 4 aromatic rings. The largest absolute Gasteiger partial charge is 0.350 e. The molecule has 0 atom stereocenters. The molecule has 0 spiro atoms. The maximum Gasteiger partial charge on any atom is 0.252 e. The number of carbonyl (C=O) groups is 2. The number of carbonyl (C=O) groups excluding carboxylic acids is 2. The van der Waals surface area contributed by atoms with Gasteiger partial charge in [-0.1, -0.05) is 54.6 Å². The first-order valence-electron chi connectivity index (χ1n) is 9.89. The highest BCUT2D eigenvalue weighted by molar-refractivity contribution is 6.07. The molecule has 2 N–H and O–H groups in total. The third-order valence-electron chi connectivity index (χ3n) is 4.81. The standard InChI is InChI=1S/C25H20FN3O2/c26-19-10-6-9-18(15-19)24(30)27-13-14-28-25(31)21-16-23(17-7-2-1-3-8-17)29-22-12-5-4-11-20(21)22/h1-12,15-16H,13-14H2,(H,27,30)(H,28,31). The van der Waals surface area contributed by atoms with Crippen LogP contribution in [0.1, 0.15) is 20.7 Å². The van der Waals surface area contributed by atoms with Gasteiger partial charge >= 0.3 is 0 Å². The summed E-state index contributed by atoms with van der Waals surface area (Å²) >= 11 is 0. The number of halogens is 1. The molecule has 0 aliphatic rings. The number of aromatic nitrogens is 1. The van der Waals surface area contributed by atoms with Crippen molar-refractivity contribution in [2.24, 2.45) is 0 Å². The van der Waals surface area contributed by atoms with Crippen LogP contribution in [-0.2, 0) is 0 Å². The van der Waals surface area contributed by atoms with Crippen molar-refractivity contribution in [3.8, 4) is 11.3 Å². The first-order valence-corrected chi connectivity index (χ1v) is 9.89. The van der Waals surface area contributed by atoms with E-state index in [1.807, 2.05) is 54.6 Å². The molecule has 154 valence electrons. The molecule has 0 saturated heterocycles. The van der Waals surface area contributed by atoms with Crippen molar-refractivity contribution in [2.75, 3.05) is 13.1 Å². The molecule has 5 nitrogen and oxygen atoms in total. The van der Waals surface area contributed by atoms with Gasteiger partial charge in [0.2, 0.25) is 0 Å². The van der Waals surface area contributed by atoms with Crippen molar-refractivity contribution in [1.82, 2.24) is 15.6 Å². The molecule has 0 aliphatic carbocycles. The second kappa shape index (κ2) is 9.17. The molecule has 0 fully saturated rings. The first-order chi connectivity index (χ1) is 15.1. The van der Waals surface area contributed by atoms with Gasteiger partial charge in [-0.15, -0.1) is 0 Å². The highest BCUT2D eigenvalue weighted by Crippen LogP contribution is 2.24. The highest BCUT2D eigenvalue weighted by atomic mass is 19.1. The Morgan fingerprint density at radius 3 is 2.26 bits per heavy atom. The number of nitrogens with zero attached hydrogens (tertiary/aromatic N) is 1. The fourth-order valence-corrected chi connectivity index (χ4v) is 3.30. The molecular formula is C25H20FN3O2. The van der Waals surface area contributed by atoms with E-state index in [0.29, 0.717) is 11.3 Å². The molecule has 0 bridgehead atoms. The van der Waals surface area contributed by atoms with E-state index < -0.39 is 11.7 Å². The fraction of sp³-hybridized carbons (Fsp3) is 0.0800. The van der Waals surface area contributed by atoms with Gasteiger partial charge in [0.1, 0.15) is 5.82 Å². The lowest BCUT2D eigenvalue weighted by Crippen LogP contribution is -2.34. The highest BCUT2D eigenvalue weighted by Gasteiger charge is 2.14. The van der Waals surface area contributed by atoms with Crippen LogP contribution in [0.5, 0.6) is 0 Å². The van der Waals surface area contributed by atoms with Gasteiger partial charge in [-0.2, -0.15) is 0 Å². The average molecular weight is 413 g/mol. The Hall–Kier alpha value is -4.06. The Kier molecular flexibility index (Phi) is 5.98. The zero-order valence-electron chi connectivity index (χ0n) is 16.6. The topological polar surface area (TPSA) is 71.1 Å². The van der Waals surface area contributed by atoms with Crippen molar-refractivity contribution in [2.45, 2.75) is 0 Å². The van der Waals surface area contributed by atoms with E-state index in [4.69, 9.17) is 0 Å². The molecule has 0 aliphatic heterocycles. The molecule has 6 heteroatoms. The molecule has 2 amide bonds. The molecule has 31 heavy (non-hydrogen) atoms. The summed E-state index contributed by atoms with van der Waals surface area (Å²) in [6.45, 7) is 0.451. The molecule has 0 saturated carbocycles. The second-order valence-corrected chi connectivity index (χ2v) is 6.96. The maximum atomic E-state index is 13.3. The van der Waals surface area contributed by atoms with Gasteiger partial charge in [-0.05, 0) is 30.3 Å². The van der Waals surface area contributed by atoms with Gasteiger partial charge in [0.25, 0.3) is 11.8 Å². The quantitative estimate of drug-likeness (QED) is 0.466. The van der Waals surface area contributed by atoms with Crippen LogP contribution in [-0.4, -0.2) is 29.9 Å². The number of benzene rings is 3. The van der Waals surface area contributed by atoms with Crippen molar-refractivity contribution >= 4 is 22.7 Å². The predicted molar refractivity (Wildman–Crippen MR) is 118 cm³/mol. The number of para-hydroxylation sites is 1. The first kappa shape index (κ1) is 20.2. The summed E-state index contributed by atoms with van der Waals surface area (Å²) in [5.41, 5.74) is 3.11. The van der Waals surface area contributed by atoms with Gasteiger partial charge < -0.3 is 10.6 Å². The summed E-state index contributed by atoms with van der Waals surface area (Å²) in [6, 6.07) is 24.4. The average Bonchev–Trinajstić information content (AvgIpc) is 2.81. The molecule has 4 rings (SSSR count). The monoisotopic (exact) mass is 413 g/mol. The van der Waals surface area contributed by atoms with E-state index in [1.54, 1.807) is 6.07 Å². The Morgan fingerprint density at radius 1 is 0.774 bits per heavy atom. The lowest BCUT2D eigenvalue weighted by molar-refractivity contribution is 0.0928. The Balaban J connectivity index is 1.47. The number of nitrogens with one attached hydrogen (secondary N) is 2. The predicted octanol–water partition coefficient (Wildman–Crippen LogP) is 4.20. The van der Waals surface area contributed by atoms with Crippen LogP contribution in [0.3, 0.4) is 0 Å². The van der Waals surface area contributed by atoms with E-state index in [0.717, 1.165) is 16.5 Å². The molecule has 0 unspecified atom stereocenters. The van der Waals surface area contributed by atoms with E-state index in [1.165, 1.54) is 24.3 Å². The van der Waals surface area contributed by atoms with E-state index in [-0.39, 0.29) is 24.6 Å². The molecular weight excluding hydrogens is 393 g/mol. The zero-order valence-corrected chi connectivity index (χ0v) is 16.6. The summed E-state index contributed by atoms with van der Waals surface area (Å²) in [7, 11) is 0. The van der Waals surface area contributed by atoms with Crippen LogP contribution in [0.25, 0.3) is 22.2 Å². The van der Waals surface area contributed by atoms with E-state index in [9.17, 15) is 14.0 Å². The van der Waals surface area contributed by atoms with Crippen LogP contribution in [0.15, 0.2) is 84.9 Å². The summed E-state index contributed by atoms with van der Waals surface area (Å²) in [5.74, 6) is -1.12. The third kappa shape index (κ3) is 4.75. The molecule has 1 heterocycles. The van der Waals surface area contributed by atoms with Crippen molar-refractivity contribution in [3.63, 3.8) is 0 Å². The Bertz CT molecular complexity index is 1240. The van der Waals surface area contributed by atoms with Crippen molar-refractivity contribution in [3.05, 3.63) is 102 Å². The summed E-state index contributed by atoms with van der Waals surface area (Å²) < 4.78 is 13.3. The molecule has 3 aromatic carbocycles. The zero-order chi connectivity index (χ0) is 21.6. The van der Waals surface area contributed by atoms with Gasteiger partial charge in [0.05, 0.1) is 16.8 Å². The van der Waals surface area contributed by atoms with Gasteiger partial charge in [-0.3, -0.25) is 9.59 Å². The summed E-state index contributed by atoms with van der Waals surface area (Å²) in [6.07, 6.45) is 0. The third-order valence-corrected chi connectivity index (χ3v) is 4.81. The number of amides is 2. The summed E-state index contributed by atoms with van der Waals surface area (Å²) in [5, 5.41) is 6.26. The lowest BCUT2D eigenvalue weighted by Gasteiger charge is -2.11. The number of rotatable bonds is 6. The summed E-state index contributed by atoms with van der Waals surface area (Å²) in [4.78, 5) is 29.7. The number of fused-ring (bicyclic) bond motifs is 1.